The molecule has 0 aliphatic heterocycles. The Kier molecular flexibility index (Phi) is 2.77. The molecule has 2 aliphatic carbocycles. The van der Waals surface area contributed by atoms with E-state index in [1.807, 2.05) is 11.3 Å². The molecule has 0 bridgehead atoms. The van der Waals surface area contributed by atoms with Crippen molar-refractivity contribution in [3.05, 3.63) is 20.8 Å². The Balaban J connectivity index is 2.03. The molecule has 16 heavy (non-hydrogen) atoms. The monoisotopic (exact) mass is 255 g/mol. The van der Waals surface area contributed by atoms with Gasteiger partial charge in [-0.05, 0) is 37.9 Å². The first-order chi connectivity index (χ1) is 7.75. The van der Waals surface area contributed by atoms with Crippen LogP contribution in [-0.2, 0) is 5.41 Å². The molecule has 1 spiro atoms. The fourth-order valence-electron chi connectivity index (χ4n) is 3.56. The second kappa shape index (κ2) is 4.01. The number of rotatable bonds is 1. The van der Waals surface area contributed by atoms with Gasteiger partial charge in [-0.15, -0.1) is 11.3 Å². The second-order valence-corrected chi connectivity index (χ2v) is 6.90. The van der Waals surface area contributed by atoms with Crippen molar-refractivity contribution in [1.82, 2.24) is 5.32 Å². The van der Waals surface area contributed by atoms with Crippen LogP contribution in [0.3, 0.4) is 0 Å². The molecule has 1 heterocycles. The summed E-state index contributed by atoms with van der Waals surface area (Å²) in [6, 6.07) is 2.73. The maximum atomic E-state index is 6.19. The Morgan fingerprint density at radius 3 is 2.81 bits per heavy atom. The first kappa shape index (κ1) is 11.1. The van der Waals surface area contributed by atoms with Gasteiger partial charge in [-0.1, -0.05) is 30.9 Å². The van der Waals surface area contributed by atoms with E-state index in [0.717, 1.165) is 4.34 Å². The number of thiophene rings is 1. The van der Waals surface area contributed by atoms with Crippen LogP contribution < -0.4 is 5.32 Å². The van der Waals surface area contributed by atoms with Crippen molar-refractivity contribution in [3.63, 3.8) is 0 Å². The van der Waals surface area contributed by atoms with E-state index in [0.29, 0.717) is 11.5 Å². The molecule has 0 radical (unpaired) electrons. The van der Waals surface area contributed by atoms with Crippen molar-refractivity contribution in [2.75, 3.05) is 7.05 Å². The number of hydrogen-bond donors (Lipinski definition) is 1. The Morgan fingerprint density at radius 2 is 2.12 bits per heavy atom. The van der Waals surface area contributed by atoms with Crippen LogP contribution in [0, 0.1) is 0 Å². The summed E-state index contributed by atoms with van der Waals surface area (Å²) >= 11 is 8.02. The Hall–Kier alpha value is -0.0500. The smallest absolute Gasteiger partial charge is 0.0934 e. The van der Waals surface area contributed by atoms with E-state index >= 15 is 0 Å². The molecule has 1 unspecified atom stereocenters. The number of hydrogen-bond acceptors (Lipinski definition) is 2. The van der Waals surface area contributed by atoms with E-state index < -0.39 is 0 Å². The van der Waals surface area contributed by atoms with Crippen LogP contribution in [0.4, 0.5) is 0 Å². The number of nitrogens with one attached hydrogen (secondary N) is 1. The first-order valence-corrected chi connectivity index (χ1v) is 7.42. The largest absolute Gasteiger partial charge is 0.313 e. The summed E-state index contributed by atoms with van der Waals surface area (Å²) in [6.07, 6.45) is 8.24. The molecule has 2 aliphatic rings. The van der Waals surface area contributed by atoms with Gasteiger partial charge in [-0.3, -0.25) is 0 Å². The van der Waals surface area contributed by atoms with Gasteiger partial charge in [0.1, 0.15) is 0 Å². The zero-order valence-corrected chi connectivity index (χ0v) is 11.3. The molecule has 1 N–H and O–H groups in total. The van der Waals surface area contributed by atoms with Crippen LogP contribution in [0.25, 0.3) is 0 Å². The topological polar surface area (TPSA) is 12.0 Å². The summed E-state index contributed by atoms with van der Waals surface area (Å²) in [5, 5.41) is 3.45. The molecule has 0 aromatic carbocycles. The summed E-state index contributed by atoms with van der Waals surface area (Å²) in [5.74, 6) is 0. The average molecular weight is 256 g/mol. The second-order valence-electron chi connectivity index (χ2n) is 5.22. The average Bonchev–Trinajstić information content (AvgIpc) is 2.79. The Labute approximate surface area is 106 Å². The van der Waals surface area contributed by atoms with Crippen molar-refractivity contribution in [2.24, 2.45) is 0 Å². The fourth-order valence-corrected chi connectivity index (χ4v) is 5.11. The molecule has 1 saturated carbocycles. The minimum Gasteiger partial charge on any atom is -0.313 e. The lowest BCUT2D eigenvalue weighted by molar-refractivity contribution is 0.277. The molecule has 88 valence electrons. The van der Waals surface area contributed by atoms with Crippen molar-refractivity contribution < 1.29 is 0 Å². The highest BCUT2D eigenvalue weighted by Gasteiger charge is 2.45. The van der Waals surface area contributed by atoms with Gasteiger partial charge < -0.3 is 5.32 Å². The van der Waals surface area contributed by atoms with Crippen molar-refractivity contribution in [1.29, 1.82) is 0 Å². The third kappa shape index (κ3) is 1.54. The highest BCUT2D eigenvalue weighted by Crippen LogP contribution is 2.56. The van der Waals surface area contributed by atoms with Gasteiger partial charge >= 0.3 is 0 Å². The SMILES string of the molecule is CNC1CC2(CCCCC2)c2sc(Cl)cc21. The molecule has 1 fully saturated rings. The van der Waals surface area contributed by atoms with Gasteiger partial charge in [0.25, 0.3) is 0 Å². The van der Waals surface area contributed by atoms with E-state index in [-0.39, 0.29) is 0 Å². The van der Waals surface area contributed by atoms with Gasteiger partial charge in [0.2, 0.25) is 0 Å². The van der Waals surface area contributed by atoms with Crippen LogP contribution in [0.2, 0.25) is 4.34 Å². The molecule has 0 saturated heterocycles. The summed E-state index contributed by atoms with van der Waals surface area (Å²) in [6.45, 7) is 0. The van der Waals surface area contributed by atoms with E-state index in [9.17, 15) is 0 Å². The van der Waals surface area contributed by atoms with Gasteiger partial charge in [-0.25, -0.2) is 0 Å². The molecular weight excluding hydrogens is 238 g/mol. The number of fused-ring (bicyclic) bond motifs is 2. The highest BCUT2D eigenvalue weighted by atomic mass is 35.5. The summed E-state index contributed by atoms with van der Waals surface area (Å²) in [5.41, 5.74) is 1.96. The maximum absolute atomic E-state index is 6.19. The Morgan fingerprint density at radius 1 is 1.38 bits per heavy atom. The summed E-state index contributed by atoms with van der Waals surface area (Å²) < 4.78 is 0.967. The van der Waals surface area contributed by atoms with Crippen LogP contribution in [0.5, 0.6) is 0 Å². The highest BCUT2D eigenvalue weighted by molar-refractivity contribution is 7.16. The molecule has 3 heteroatoms. The minimum atomic E-state index is 0.471. The molecular formula is C13H18ClNS. The minimum absolute atomic E-state index is 0.471. The van der Waals surface area contributed by atoms with Gasteiger partial charge in [-0.2, -0.15) is 0 Å². The zero-order chi connectivity index (χ0) is 11.2. The van der Waals surface area contributed by atoms with E-state index in [4.69, 9.17) is 11.6 Å². The van der Waals surface area contributed by atoms with Crippen LogP contribution in [-0.4, -0.2) is 7.05 Å². The van der Waals surface area contributed by atoms with Crippen LogP contribution >= 0.6 is 22.9 Å². The molecule has 3 rings (SSSR count). The van der Waals surface area contributed by atoms with Gasteiger partial charge in [0, 0.05) is 16.3 Å². The third-order valence-electron chi connectivity index (χ3n) is 4.34. The van der Waals surface area contributed by atoms with E-state index in [2.05, 4.69) is 18.4 Å². The number of halogens is 1. The predicted molar refractivity (Wildman–Crippen MR) is 70.5 cm³/mol. The van der Waals surface area contributed by atoms with Crippen molar-refractivity contribution in [3.8, 4) is 0 Å². The predicted octanol–water partition coefficient (Wildman–Crippen LogP) is 4.27. The standard InChI is InChI=1S/C13H18ClNS/c1-15-10-8-13(5-3-2-4-6-13)12-9(10)7-11(14)16-12/h7,10,15H,2-6,8H2,1H3. The molecule has 1 nitrogen and oxygen atoms in total. The van der Waals surface area contributed by atoms with Crippen molar-refractivity contribution >= 4 is 22.9 Å². The fraction of sp³-hybridized carbons (Fsp3) is 0.692. The summed E-state index contributed by atoms with van der Waals surface area (Å²) in [4.78, 5) is 1.59. The molecule has 0 amide bonds. The summed E-state index contributed by atoms with van der Waals surface area (Å²) in [7, 11) is 2.07. The Bertz CT molecular complexity index is 393. The van der Waals surface area contributed by atoms with E-state index in [1.165, 1.54) is 44.1 Å². The van der Waals surface area contributed by atoms with Gasteiger partial charge in [0.15, 0.2) is 0 Å². The lowest BCUT2D eigenvalue weighted by atomic mass is 9.73. The molecule has 1 atom stereocenters. The third-order valence-corrected chi connectivity index (χ3v) is 5.87. The lowest BCUT2D eigenvalue weighted by Gasteiger charge is -2.34. The first-order valence-electron chi connectivity index (χ1n) is 6.22. The zero-order valence-electron chi connectivity index (χ0n) is 9.68. The quantitative estimate of drug-likeness (QED) is 0.790. The van der Waals surface area contributed by atoms with E-state index in [1.54, 1.807) is 4.88 Å². The molecule has 1 aromatic rings. The van der Waals surface area contributed by atoms with Crippen LogP contribution in [0.15, 0.2) is 6.07 Å². The lowest BCUT2D eigenvalue weighted by Crippen LogP contribution is -2.27. The van der Waals surface area contributed by atoms with Crippen molar-refractivity contribution in [2.45, 2.75) is 50.0 Å². The molecule has 1 aromatic heterocycles. The normalized spacial score (nSPS) is 27.2. The van der Waals surface area contributed by atoms with Gasteiger partial charge in [0.05, 0.1) is 4.34 Å². The van der Waals surface area contributed by atoms with Crippen LogP contribution in [0.1, 0.15) is 55.0 Å². The maximum Gasteiger partial charge on any atom is 0.0934 e.